The van der Waals surface area contributed by atoms with E-state index in [9.17, 15) is 4.79 Å². The largest absolute Gasteiger partial charge is 0.497 e. The van der Waals surface area contributed by atoms with E-state index in [1.54, 1.807) is 7.11 Å². The van der Waals surface area contributed by atoms with Gasteiger partial charge in [0.1, 0.15) is 11.5 Å². The molecule has 0 radical (unpaired) electrons. The lowest BCUT2D eigenvalue weighted by molar-refractivity contribution is -0.123. The maximum absolute atomic E-state index is 11.9. The summed E-state index contributed by atoms with van der Waals surface area (Å²) in [4.78, 5) is 16.6. The van der Waals surface area contributed by atoms with Crippen LogP contribution in [-0.4, -0.2) is 63.8 Å². The summed E-state index contributed by atoms with van der Waals surface area (Å²) in [6.07, 6.45) is 0. The second kappa shape index (κ2) is 9.83. The Morgan fingerprint density at radius 2 is 1.67 bits per heavy atom. The van der Waals surface area contributed by atoms with Gasteiger partial charge in [-0.25, -0.2) is 0 Å². The third kappa shape index (κ3) is 5.89. The van der Waals surface area contributed by atoms with Gasteiger partial charge < -0.3 is 19.7 Å². The van der Waals surface area contributed by atoms with E-state index in [1.807, 2.05) is 42.5 Å². The first-order chi connectivity index (χ1) is 13.2. The average Bonchev–Trinajstić information content (AvgIpc) is 2.74. The average molecular weight is 369 g/mol. The van der Waals surface area contributed by atoms with Gasteiger partial charge in [-0.05, 0) is 36.4 Å². The minimum absolute atomic E-state index is 0.0509. The number of piperazine rings is 1. The monoisotopic (exact) mass is 369 g/mol. The Labute approximate surface area is 160 Å². The van der Waals surface area contributed by atoms with Crippen LogP contribution in [0, 0.1) is 0 Å². The van der Waals surface area contributed by atoms with Crippen molar-refractivity contribution >= 4 is 11.6 Å². The summed E-state index contributed by atoms with van der Waals surface area (Å²) < 4.78 is 10.7. The number of nitrogens with one attached hydrogen (secondary N) is 1. The molecule has 1 amide bonds. The predicted molar refractivity (Wildman–Crippen MR) is 107 cm³/mol. The summed E-state index contributed by atoms with van der Waals surface area (Å²) in [6, 6.07) is 17.6. The van der Waals surface area contributed by atoms with Crippen molar-refractivity contribution in [3.63, 3.8) is 0 Å². The van der Waals surface area contributed by atoms with Crippen molar-refractivity contribution in [1.29, 1.82) is 0 Å². The summed E-state index contributed by atoms with van der Waals surface area (Å²) in [5.41, 5.74) is 1.22. The SMILES string of the molecule is COc1ccc(N2CCN(CCNC(=O)COc3ccccc3)CC2)cc1. The van der Waals surface area contributed by atoms with Crippen LogP contribution in [0.2, 0.25) is 0 Å². The van der Waals surface area contributed by atoms with Crippen molar-refractivity contribution in [3.8, 4) is 11.5 Å². The van der Waals surface area contributed by atoms with Gasteiger partial charge >= 0.3 is 0 Å². The zero-order chi connectivity index (χ0) is 18.9. The topological polar surface area (TPSA) is 54.0 Å². The molecule has 1 aliphatic rings. The number of carbonyl (C=O) groups is 1. The Morgan fingerprint density at radius 3 is 2.33 bits per heavy atom. The van der Waals surface area contributed by atoms with Gasteiger partial charge in [0, 0.05) is 45.0 Å². The van der Waals surface area contributed by atoms with Gasteiger partial charge in [-0.3, -0.25) is 9.69 Å². The molecule has 6 nitrogen and oxygen atoms in total. The molecule has 6 heteroatoms. The van der Waals surface area contributed by atoms with Crippen molar-refractivity contribution < 1.29 is 14.3 Å². The molecular formula is C21H27N3O3. The fourth-order valence-electron chi connectivity index (χ4n) is 3.09. The fourth-order valence-corrected chi connectivity index (χ4v) is 3.09. The summed E-state index contributed by atoms with van der Waals surface area (Å²) in [6.45, 7) is 5.49. The zero-order valence-corrected chi connectivity index (χ0v) is 15.8. The summed E-state index contributed by atoms with van der Waals surface area (Å²) in [5, 5.41) is 2.92. The number of amides is 1. The number of ether oxygens (including phenoxy) is 2. The van der Waals surface area contributed by atoms with Gasteiger partial charge in [0.2, 0.25) is 0 Å². The number of carbonyl (C=O) groups excluding carboxylic acids is 1. The minimum Gasteiger partial charge on any atom is -0.497 e. The van der Waals surface area contributed by atoms with Crippen LogP contribution in [0.1, 0.15) is 0 Å². The first kappa shape index (κ1) is 19.0. The summed E-state index contributed by atoms with van der Waals surface area (Å²) in [7, 11) is 1.68. The van der Waals surface area contributed by atoms with Crippen LogP contribution in [0.4, 0.5) is 5.69 Å². The van der Waals surface area contributed by atoms with Crippen LogP contribution in [0.25, 0.3) is 0 Å². The molecule has 0 aromatic heterocycles. The van der Waals surface area contributed by atoms with Crippen LogP contribution in [0.5, 0.6) is 11.5 Å². The summed E-state index contributed by atoms with van der Waals surface area (Å²) in [5.74, 6) is 1.50. The maximum Gasteiger partial charge on any atom is 0.257 e. The Morgan fingerprint density at radius 1 is 0.963 bits per heavy atom. The van der Waals surface area contributed by atoms with E-state index in [0.29, 0.717) is 12.3 Å². The van der Waals surface area contributed by atoms with Gasteiger partial charge in [0.05, 0.1) is 7.11 Å². The van der Waals surface area contributed by atoms with Crippen LogP contribution in [0.3, 0.4) is 0 Å². The highest BCUT2D eigenvalue weighted by Gasteiger charge is 2.17. The van der Waals surface area contributed by atoms with E-state index >= 15 is 0 Å². The molecule has 27 heavy (non-hydrogen) atoms. The van der Waals surface area contributed by atoms with Crippen molar-refractivity contribution in [2.45, 2.75) is 0 Å². The minimum atomic E-state index is -0.0873. The van der Waals surface area contributed by atoms with Crippen molar-refractivity contribution in [1.82, 2.24) is 10.2 Å². The van der Waals surface area contributed by atoms with E-state index < -0.39 is 0 Å². The standard InChI is InChI=1S/C21H27N3O3/c1-26-19-9-7-18(8-10-19)24-15-13-23(14-16-24)12-11-22-21(25)17-27-20-5-3-2-4-6-20/h2-10H,11-17H2,1H3,(H,22,25). The van der Waals surface area contributed by atoms with Crippen LogP contribution in [0.15, 0.2) is 54.6 Å². The molecule has 1 N–H and O–H groups in total. The van der Waals surface area contributed by atoms with E-state index in [0.717, 1.165) is 38.5 Å². The second-order valence-electron chi connectivity index (χ2n) is 6.48. The van der Waals surface area contributed by atoms with E-state index in [1.165, 1.54) is 5.69 Å². The Hall–Kier alpha value is -2.73. The number of benzene rings is 2. The molecule has 1 saturated heterocycles. The number of methoxy groups -OCH3 is 1. The number of rotatable bonds is 8. The van der Waals surface area contributed by atoms with E-state index in [-0.39, 0.29) is 12.5 Å². The zero-order valence-electron chi connectivity index (χ0n) is 15.8. The fraction of sp³-hybridized carbons (Fsp3) is 0.381. The van der Waals surface area contributed by atoms with Gasteiger partial charge in [-0.15, -0.1) is 0 Å². The van der Waals surface area contributed by atoms with E-state index in [4.69, 9.17) is 9.47 Å². The van der Waals surface area contributed by atoms with Crippen molar-refractivity contribution in [2.75, 3.05) is 57.9 Å². The Bertz CT molecular complexity index is 698. The molecule has 0 unspecified atom stereocenters. The molecule has 1 fully saturated rings. The quantitative estimate of drug-likeness (QED) is 0.772. The number of hydrogen-bond donors (Lipinski definition) is 1. The first-order valence-corrected chi connectivity index (χ1v) is 9.30. The van der Waals surface area contributed by atoms with E-state index in [2.05, 4.69) is 27.2 Å². The molecule has 0 aliphatic carbocycles. The molecular weight excluding hydrogens is 342 g/mol. The number of anilines is 1. The van der Waals surface area contributed by atoms with Gasteiger partial charge in [0.15, 0.2) is 6.61 Å². The third-order valence-corrected chi connectivity index (χ3v) is 4.67. The van der Waals surface area contributed by atoms with Gasteiger partial charge in [0.25, 0.3) is 5.91 Å². The lowest BCUT2D eigenvalue weighted by Crippen LogP contribution is -2.48. The third-order valence-electron chi connectivity index (χ3n) is 4.67. The van der Waals surface area contributed by atoms with Crippen LogP contribution in [-0.2, 0) is 4.79 Å². The second-order valence-corrected chi connectivity index (χ2v) is 6.48. The molecule has 2 aromatic carbocycles. The molecule has 0 spiro atoms. The molecule has 0 saturated carbocycles. The molecule has 0 bridgehead atoms. The predicted octanol–water partition coefficient (Wildman–Crippen LogP) is 2.01. The number of nitrogens with zero attached hydrogens (tertiary/aromatic N) is 2. The van der Waals surface area contributed by atoms with Crippen molar-refractivity contribution in [2.24, 2.45) is 0 Å². The highest BCUT2D eigenvalue weighted by Crippen LogP contribution is 2.20. The molecule has 0 atom stereocenters. The molecule has 1 heterocycles. The highest BCUT2D eigenvalue weighted by atomic mass is 16.5. The van der Waals surface area contributed by atoms with Crippen LogP contribution >= 0.6 is 0 Å². The number of para-hydroxylation sites is 1. The lowest BCUT2D eigenvalue weighted by atomic mass is 10.2. The van der Waals surface area contributed by atoms with Gasteiger partial charge in [-0.1, -0.05) is 18.2 Å². The summed E-state index contributed by atoms with van der Waals surface area (Å²) >= 11 is 0. The molecule has 3 rings (SSSR count). The molecule has 144 valence electrons. The molecule has 1 aliphatic heterocycles. The highest BCUT2D eigenvalue weighted by molar-refractivity contribution is 5.77. The maximum atomic E-state index is 11.9. The Balaban J connectivity index is 1.31. The van der Waals surface area contributed by atoms with Crippen molar-refractivity contribution in [3.05, 3.63) is 54.6 Å². The Kier molecular flexibility index (Phi) is 6.93. The number of hydrogen-bond acceptors (Lipinski definition) is 5. The van der Waals surface area contributed by atoms with Crippen LogP contribution < -0.4 is 19.7 Å². The first-order valence-electron chi connectivity index (χ1n) is 9.30. The van der Waals surface area contributed by atoms with Gasteiger partial charge in [-0.2, -0.15) is 0 Å². The lowest BCUT2D eigenvalue weighted by Gasteiger charge is -2.36. The molecule has 2 aromatic rings. The smallest absolute Gasteiger partial charge is 0.257 e. The normalized spacial score (nSPS) is 14.6.